The molecule has 60 valence electrons. The van der Waals surface area contributed by atoms with E-state index in [4.69, 9.17) is 0 Å². The third-order valence-corrected chi connectivity index (χ3v) is 1.77. The van der Waals surface area contributed by atoms with Crippen LogP contribution >= 0.6 is 15.9 Å². The predicted octanol–water partition coefficient (Wildman–Crippen LogP) is 4.11. The van der Waals surface area contributed by atoms with Crippen LogP contribution in [0, 0.1) is 5.41 Å². The summed E-state index contributed by atoms with van der Waals surface area (Å²) in [6.45, 7) is 10.6. The van der Waals surface area contributed by atoms with Gasteiger partial charge in [-0.15, -0.1) is 0 Å². The molecule has 0 unspecified atom stereocenters. The van der Waals surface area contributed by atoms with E-state index in [1.54, 1.807) is 0 Å². The van der Waals surface area contributed by atoms with Gasteiger partial charge in [0.1, 0.15) is 0 Å². The molecular formula is C9H17Br. The molecule has 0 aliphatic rings. The van der Waals surface area contributed by atoms with Crippen molar-refractivity contribution in [3.8, 4) is 0 Å². The van der Waals surface area contributed by atoms with Crippen molar-refractivity contribution in [2.24, 2.45) is 5.41 Å². The van der Waals surface area contributed by atoms with Crippen LogP contribution in [0.2, 0.25) is 0 Å². The minimum absolute atomic E-state index is 0.475. The van der Waals surface area contributed by atoms with Gasteiger partial charge in [-0.2, -0.15) is 0 Å². The molecule has 0 saturated heterocycles. The van der Waals surface area contributed by atoms with Gasteiger partial charge in [0.15, 0.2) is 0 Å². The van der Waals surface area contributed by atoms with Crippen molar-refractivity contribution < 1.29 is 0 Å². The zero-order valence-electron chi connectivity index (χ0n) is 7.21. The molecule has 0 nitrogen and oxygen atoms in total. The van der Waals surface area contributed by atoms with Crippen LogP contribution in [0.4, 0.5) is 0 Å². The van der Waals surface area contributed by atoms with Crippen LogP contribution in [0.3, 0.4) is 0 Å². The van der Waals surface area contributed by atoms with Gasteiger partial charge in [0, 0.05) is 0 Å². The normalized spacial score (nSPS) is 11.6. The molecule has 0 aromatic carbocycles. The molecule has 0 atom stereocenters. The zero-order chi connectivity index (χ0) is 8.20. The Morgan fingerprint density at radius 3 is 2.20 bits per heavy atom. The number of allylic oxidation sites excluding steroid dienone is 1. The van der Waals surface area contributed by atoms with Gasteiger partial charge in [0.05, 0.1) is 0 Å². The lowest BCUT2D eigenvalue weighted by molar-refractivity contribution is 0.367. The number of halogens is 1. The van der Waals surface area contributed by atoms with E-state index >= 15 is 0 Å². The molecule has 0 heterocycles. The van der Waals surface area contributed by atoms with Crippen molar-refractivity contribution in [3.05, 3.63) is 11.1 Å². The fourth-order valence-electron chi connectivity index (χ4n) is 0.811. The van der Waals surface area contributed by atoms with E-state index in [2.05, 4.69) is 43.3 Å². The minimum Gasteiger partial charge on any atom is -0.0889 e. The molecule has 0 bridgehead atoms. The van der Waals surface area contributed by atoms with Gasteiger partial charge >= 0.3 is 0 Å². The Bertz CT molecular complexity index is 108. The molecule has 0 aromatic rings. The van der Waals surface area contributed by atoms with E-state index in [1.165, 1.54) is 12.8 Å². The van der Waals surface area contributed by atoms with E-state index in [0.717, 1.165) is 10.9 Å². The molecule has 10 heavy (non-hydrogen) atoms. The SMILES string of the molecule is C=C(Br)CCCC(C)(C)C. The third kappa shape index (κ3) is 8.22. The molecule has 0 rings (SSSR count). The Hall–Kier alpha value is 0.220. The lowest BCUT2D eigenvalue weighted by Crippen LogP contribution is -2.03. The monoisotopic (exact) mass is 204 g/mol. The summed E-state index contributed by atoms with van der Waals surface area (Å²) < 4.78 is 1.12. The fraction of sp³-hybridized carbons (Fsp3) is 0.778. The van der Waals surface area contributed by atoms with Gasteiger partial charge in [0.2, 0.25) is 0 Å². The van der Waals surface area contributed by atoms with Crippen LogP contribution < -0.4 is 0 Å². The summed E-state index contributed by atoms with van der Waals surface area (Å²) in [5.41, 5.74) is 0.475. The second-order valence-corrected chi connectivity index (χ2v) is 5.05. The van der Waals surface area contributed by atoms with Gasteiger partial charge in [-0.05, 0) is 29.2 Å². The molecule has 0 N–H and O–H groups in total. The summed E-state index contributed by atoms with van der Waals surface area (Å²) in [5, 5.41) is 0. The first-order valence-corrected chi connectivity index (χ1v) is 4.54. The van der Waals surface area contributed by atoms with E-state index in [-0.39, 0.29) is 0 Å². The summed E-state index contributed by atoms with van der Waals surface area (Å²) in [6, 6.07) is 0. The highest BCUT2D eigenvalue weighted by atomic mass is 79.9. The van der Waals surface area contributed by atoms with E-state index in [0.29, 0.717) is 5.41 Å². The topological polar surface area (TPSA) is 0 Å². The summed E-state index contributed by atoms with van der Waals surface area (Å²) >= 11 is 3.35. The summed E-state index contributed by atoms with van der Waals surface area (Å²) in [6.07, 6.45) is 3.63. The summed E-state index contributed by atoms with van der Waals surface area (Å²) in [4.78, 5) is 0. The zero-order valence-corrected chi connectivity index (χ0v) is 8.79. The Morgan fingerprint density at radius 1 is 1.40 bits per heavy atom. The lowest BCUT2D eigenvalue weighted by atomic mass is 9.90. The molecule has 0 spiro atoms. The van der Waals surface area contributed by atoms with Crippen molar-refractivity contribution in [1.29, 1.82) is 0 Å². The first-order chi connectivity index (χ1) is 4.42. The Balaban J connectivity index is 3.29. The smallest absolute Gasteiger partial charge is 0.0121 e. The van der Waals surface area contributed by atoms with Gasteiger partial charge in [0.25, 0.3) is 0 Å². The fourth-order valence-corrected chi connectivity index (χ4v) is 1.09. The maximum atomic E-state index is 3.79. The van der Waals surface area contributed by atoms with Crippen molar-refractivity contribution in [3.63, 3.8) is 0 Å². The lowest BCUT2D eigenvalue weighted by Gasteiger charge is -2.17. The molecule has 0 aliphatic carbocycles. The number of hydrogen-bond acceptors (Lipinski definition) is 0. The maximum absolute atomic E-state index is 3.79. The molecule has 0 saturated carbocycles. The van der Waals surface area contributed by atoms with Crippen LogP contribution in [0.1, 0.15) is 40.0 Å². The van der Waals surface area contributed by atoms with Crippen molar-refractivity contribution >= 4 is 15.9 Å². The average molecular weight is 205 g/mol. The molecule has 0 radical (unpaired) electrons. The summed E-state index contributed by atoms with van der Waals surface area (Å²) in [5.74, 6) is 0. The predicted molar refractivity (Wildman–Crippen MR) is 51.4 cm³/mol. The standard InChI is InChI=1S/C9H17Br/c1-8(10)6-5-7-9(2,3)4/h1,5-7H2,2-4H3. The van der Waals surface area contributed by atoms with Crippen LogP contribution in [0.25, 0.3) is 0 Å². The molecule has 0 amide bonds. The average Bonchev–Trinajstić information content (AvgIpc) is 1.59. The largest absolute Gasteiger partial charge is 0.0889 e. The van der Waals surface area contributed by atoms with Gasteiger partial charge in [-0.1, -0.05) is 43.3 Å². The van der Waals surface area contributed by atoms with Crippen molar-refractivity contribution in [2.45, 2.75) is 40.0 Å². The Kier molecular flexibility index (Phi) is 4.26. The second kappa shape index (κ2) is 4.17. The van der Waals surface area contributed by atoms with Crippen molar-refractivity contribution in [1.82, 2.24) is 0 Å². The van der Waals surface area contributed by atoms with Crippen LogP contribution in [-0.2, 0) is 0 Å². The van der Waals surface area contributed by atoms with Gasteiger partial charge in [-0.3, -0.25) is 0 Å². The summed E-state index contributed by atoms with van der Waals surface area (Å²) in [7, 11) is 0. The number of rotatable bonds is 3. The second-order valence-electron chi connectivity index (χ2n) is 3.93. The third-order valence-electron chi connectivity index (χ3n) is 1.37. The molecular weight excluding hydrogens is 188 g/mol. The quantitative estimate of drug-likeness (QED) is 0.650. The highest BCUT2D eigenvalue weighted by molar-refractivity contribution is 9.11. The minimum atomic E-state index is 0.475. The first-order valence-electron chi connectivity index (χ1n) is 3.75. The maximum Gasteiger partial charge on any atom is -0.0121 e. The molecule has 0 aliphatic heterocycles. The van der Waals surface area contributed by atoms with Gasteiger partial charge < -0.3 is 0 Å². The highest BCUT2D eigenvalue weighted by Crippen LogP contribution is 2.23. The van der Waals surface area contributed by atoms with Crippen molar-refractivity contribution in [2.75, 3.05) is 0 Å². The Morgan fingerprint density at radius 2 is 1.90 bits per heavy atom. The number of hydrogen-bond donors (Lipinski definition) is 0. The molecule has 1 heteroatoms. The van der Waals surface area contributed by atoms with E-state index in [1.807, 2.05) is 0 Å². The van der Waals surface area contributed by atoms with Crippen LogP contribution in [-0.4, -0.2) is 0 Å². The van der Waals surface area contributed by atoms with Gasteiger partial charge in [-0.25, -0.2) is 0 Å². The molecule has 0 aromatic heterocycles. The van der Waals surface area contributed by atoms with Crippen LogP contribution in [0.5, 0.6) is 0 Å². The van der Waals surface area contributed by atoms with Crippen LogP contribution in [0.15, 0.2) is 11.1 Å². The molecule has 0 fully saturated rings. The van der Waals surface area contributed by atoms with E-state index in [9.17, 15) is 0 Å². The van der Waals surface area contributed by atoms with E-state index < -0.39 is 0 Å². The Labute approximate surface area is 72.8 Å². The first kappa shape index (κ1) is 10.2. The highest BCUT2D eigenvalue weighted by Gasteiger charge is 2.08.